The van der Waals surface area contributed by atoms with Gasteiger partial charge in [-0.05, 0) is 32.0 Å². The molecular formula is C17H27N5O. The quantitative estimate of drug-likeness (QED) is 0.912. The molecule has 3 heterocycles. The van der Waals surface area contributed by atoms with E-state index in [9.17, 15) is 4.79 Å². The molecule has 1 aromatic rings. The molecule has 23 heavy (non-hydrogen) atoms. The highest BCUT2D eigenvalue weighted by atomic mass is 16.2. The summed E-state index contributed by atoms with van der Waals surface area (Å²) >= 11 is 0. The van der Waals surface area contributed by atoms with Crippen LogP contribution in [0.5, 0.6) is 0 Å². The van der Waals surface area contributed by atoms with Crippen molar-refractivity contribution in [3.05, 3.63) is 23.9 Å². The smallest absolute Gasteiger partial charge is 0.284 e. The number of hydrazine groups is 1. The third-order valence-corrected chi connectivity index (χ3v) is 4.66. The Kier molecular flexibility index (Phi) is 5.46. The zero-order chi connectivity index (χ0) is 16.1. The van der Waals surface area contributed by atoms with E-state index >= 15 is 0 Å². The first kappa shape index (κ1) is 16.2. The number of piperazine rings is 1. The SMILES string of the molecule is CN1CCN(NC(=O)c2cccc(N3CCCCCC3)n2)CC1. The molecule has 2 aliphatic heterocycles. The Morgan fingerprint density at radius 1 is 1.00 bits per heavy atom. The van der Waals surface area contributed by atoms with Crippen LogP contribution in [0.25, 0.3) is 0 Å². The number of hydrogen-bond donors (Lipinski definition) is 1. The second-order valence-electron chi connectivity index (χ2n) is 6.51. The molecule has 0 aromatic carbocycles. The molecule has 3 rings (SSSR count). The van der Waals surface area contributed by atoms with Gasteiger partial charge in [0.2, 0.25) is 0 Å². The number of amides is 1. The Bertz CT molecular complexity index is 519. The van der Waals surface area contributed by atoms with E-state index in [2.05, 4.69) is 27.3 Å². The zero-order valence-corrected chi connectivity index (χ0v) is 14.0. The summed E-state index contributed by atoms with van der Waals surface area (Å²) in [6.07, 6.45) is 5.00. The van der Waals surface area contributed by atoms with Crippen LogP contribution in [0.3, 0.4) is 0 Å². The molecule has 126 valence electrons. The molecule has 6 nitrogen and oxygen atoms in total. The summed E-state index contributed by atoms with van der Waals surface area (Å²) in [7, 11) is 2.10. The lowest BCUT2D eigenvalue weighted by molar-refractivity contribution is 0.0658. The fourth-order valence-corrected chi connectivity index (χ4v) is 3.14. The average molecular weight is 317 g/mol. The van der Waals surface area contributed by atoms with Crippen molar-refractivity contribution < 1.29 is 4.79 Å². The number of likely N-dealkylation sites (N-methyl/N-ethyl adjacent to an activating group) is 1. The largest absolute Gasteiger partial charge is 0.357 e. The summed E-state index contributed by atoms with van der Waals surface area (Å²) in [6.45, 7) is 5.73. The summed E-state index contributed by atoms with van der Waals surface area (Å²) in [5.41, 5.74) is 3.49. The Labute approximate surface area is 138 Å². The van der Waals surface area contributed by atoms with Crippen molar-refractivity contribution in [3.63, 3.8) is 0 Å². The minimum Gasteiger partial charge on any atom is -0.357 e. The predicted molar refractivity (Wildman–Crippen MR) is 91.5 cm³/mol. The summed E-state index contributed by atoms with van der Waals surface area (Å²) in [4.78, 5) is 21.6. The van der Waals surface area contributed by atoms with E-state index in [1.54, 1.807) is 6.07 Å². The van der Waals surface area contributed by atoms with Crippen LogP contribution in [0.1, 0.15) is 36.2 Å². The molecule has 6 heteroatoms. The summed E-state index contributed by atoms with van der Waals surface area (Å²) in [5, 5.41) is 1.99. The lowest BCUT2D eigenvalue weighted by atomic mass is 10.2. The van der Waals surface area contributed by atoms with Gasteiger partial charge in [-0.25, -0.2) is 9.99 Å². The van der Waals surface area contributed by atoms with E-state index in [1.807, 2.05) is 17.1 Å². The lowest BCUT2D eigenvalue weighted by Crippen LogP contribution is -2.52. The van der Waals surface area contributed by atoms with Crippen LogP contribution in [0.2, 0.25) is 0 Å². The molecule has 0 spiro atoms. The fourth-order valence-electron chi connectivity index (χ4n) is 3.14. The van der Waals surface area contributed by atoms with Crippen molar-refractivity contribution in [1.82, 2.24) is 20.3 Å². The number of anilines is 1. The van der Waals surface area contributed by atoms with E-state index in [4.69, 9.17) is 0 Å². The number of nitrogens with one attached hydrogen (secondary N) is 1. The highest BCUT2D eigenvalue weighted by molar-refractivity contribution is 5.92. The first-order valence-corrected chi connectivity index (χ1v) is 8.69. The standard InChI is InChI=1S/C17H27N5O/c1-20-11-13-22(14-12-20)19-17(23)15-7-6-8-16(18-15)21-9-4-2-3-5-10-21/h6-8H,2-5,9-14H2,1H3,(H,19,23). The number of carbonyl (C=O) groups is 1. The third kappa shape index (κ3) is 4.42. The van der Waals surface area contributed by atoms with Gasteiger partial charge < -0.3 is 9.80 Å². The minimum atomic E-state index is -0.105. The molecule has 2 saturated heterocycles. The van der Waals surface area contributed by atoms with Gasteiger partial charge in [0.25, 0.3) is 5.91 Å². The molecule has 0 atom stereocenters. The van der Waals surface area contributed by atoms with Crippen molar-refractivity contribution in [2.45, 2.75) is 25.7 Å². The van der Waals surface area contributed by atoms with E-state index in [1.165, 1.54) is 25.7 Å². The Hall–Kier alpha value is -1.66. The number of hydrogen-bond acceptors (Lipinski definition) is 5. The molecule has 0 aliphatic carbocycles. The maximum absolute atomic E-state index is 12.4. The number of aromatic nitrogens is 1. The first-order chi connectivity index (χ1) is 11.2. The number of carbonyl (C=O) groups excluding carboxylic acids is 1. The molecule has 0 unspecified atom stereocenters. The van der Waals surface area contributed by atoms with Crippen molar-refractivity contribution in [2.75, 3.05) is 51.2 Å². The van der Waals surface area contributed by atoms with E-state index in [-0.39, 0.29) is 5.91 Å². The van der Waals surface area contributed by atoms with Gasteiger partial charge in [-0.15, -0.1) is 0 Å². The highest BCUT2D eigenvalue weighted by Gasteiger charge is 2.18. The van der Waals surface area contributed by atoms with Gasteiger partial charge in [-0.3, -0.25) is 10.2 Å². The normalized spacial score (nSPS) is 21.0. The second-order valence-corrected chi connectivity index (χ2v) is 6.51. The molecule has 1 N–H and O–H groups in total. The fraction of sp³-hybridized carbons (Fsp3) is 0.647. The van der Waals surface area contributed by atoms with Crippen LogP contribution in [-0.2, 0) is 0 Å². The monoisotopic (exact) mass is 317 g/mol. The van der Waals surface area contributed by atoms with Gasteiger partial charge in [0, 0.05) is 39.3 Å². The summed E-state index contributed by atoms with van der Waals surface area (Å²) in [5.74, 6) is 0.823. The summed E-state index contributed by atoms with van der Waals surface area (Å²) in [6, 6.07) is 5.75. The molecule has 0 radical (unpaired) electrons. The molecule has 1 amide bonds. The minimum absolute atomic E-state index is 0.105. The van der Waals surface area contributed by atoms with E-state index in [0.717, 1.165) is 45.1 Å². The molecule has 2 fully saturated rings. The maximum atomic E-state index is 12.4. The zero-order valence-electron chi connectivity index (χ0n) is 14.0. The number of nitrogens with zero attached hydrogens (tertiary/aromatic N) is 4. The van der Waals surface area contributed by atoms with Gasteiger partial charge in [-0.1, -0.05) is 18.9 Å². The van der Waals surface area contributed by atoms with Crippen molar-refractivity contribution in [2.24, 2.45) is 0 Å². The first-order valence-electron chi connectivity index (χ1n) is 8.69. The lowest BCUT2D eigenvalue weighted by Gasteiger charge is -2.32. The van der Waals surface area contributed by atoms with Gasteiger partial charge in [-0.2, -0.15) is 0 Å². The second kappa shape index (κ2) is 7.75. The Balaban J connectivity index is 1.63. The Morgan fingerprint density at radius 2 is 1.70 bits per heavy atom. The van der Waals surface area contributed by atoms with Crippen LogP contribution in [0, 0.1) is 0 Å². The van der Waals surface area contributed by atoms with Crippen LogP contribution < -0.4 is 10.3 Å². The van der Waals surface area contributed by atoms with Crippen molar-refractivity contribution in [1.29, 1.82) is 0 Å². The van der Waals surface area contributed by atoms with E-state index < -0.39 is 0 Å². The maximum Gasteiger partial charge on any atom is 0.284 e. The van der Waals surface area contributed by atoms with Crippen LogP contribution in [0.15, 0.2) is 18.2 Å². The predicted octanol–water partition coefficient (Wildman–Crippen LogP) is 1.35. The molecule has 2 aliphatic rings. The molecule has 0 saturated carbocycles. The molecule has 0 bridgehead atoms. The van der Waals surface area contributed by atoms with Crippen LogP contribution >= 0.6 is 0 Å². The van der Waals surface area contributed by atoms with Crippen molar-refractivity contribution in [3.8, 4) is 0 Å². The number of rotatable bonds is 3. The van der Waals surface area contributed by atoms with Crippen molar-refractivity contribution >= 4 is 11.7 Å². The van der Waals surface area contributed by atoms with Crippen LogP contribution in [0.4, 0.5) is 5.82 Å². The number of pyridine rings is 1. The molecule has 1 aromatic heterocycles. The van der Waals surface area contributed by atoms with Crippen LogP contribution in [-0.4, -0.2) is 67.1 Å². The van der Waals surface area contributed by atoms with Gasteiger partial charge >= 0.3 is 0 Å². The highest BCUT2D eigenvalue weighted by Crippen LogP contribution is 2.17. The summed E-state index contributed by atoms with van der Waals surface area (Å²) < 4.78 is 0. The Morgan fingerprint density at radius 3 is 2.39 bits per heavy atom. The topological polar surface area (TPSA) is 51.7 Å². The molecular weight excluding hydrogens is 290 g/mol. The van der Waals surface area contributed by atoms with Gasteiger partial charge in [0.1, 0.15) is 11.5 Å². The van der Waals surface area contributed by atoms with E-state index in [0.29, 0.717) is 5.69 Å². The average Bonchev–Trinajstić information content (AvgIpc) is 2.86. The van der Waals surface area contributed by atoms with Gasteiger partial charge in [0.15, 0.2) is 0 Å². The third-order valence-electron chi connectivity index (χ3n) is 4.66. The van der Waals surface area contributed by atoms with Gasteiger partial charge in [0.05, 0.1) is 0 Å².